The number of fused-ring (bicyclic) bond motifs is 1. The van der Waals surface area contributed by atoms with Gasteiger partial charge in [0, 0.05) is 11.8 Å². The van der Waals surface area contributed by atoms with Crippen LogP contribution in [0.5, 0.6) is 0 Å². The summed E-state index contributed by atoms with van der Waals surface area (Å²) < 4.78 is 8.41. The Morgan fingerprint density at radius 2 is 2.16 bits per heavy atom. The van der Waals surface area contributed by atoms with Gasteiger partial charge in [0.05, 0.1) is 22.4 Å². The van der Waals surface area contributed by atoms with Crippen molar-refractivity contribution in [2.45, 2.75) is 6.92 Å². The minimum absolute atomic E-state index is 0.202. The van der Waals surface area contributed by atoms with E-state index in [1.807, 2.05) is 13.0 Å². The van der Waals surface area contributed by atoms with Crippen molar-refractivity contribution in [2.75, 3.05) is 11.1 Å². The molecule has 0 spiro atoms. The number of aryl methyl sites for hydroxylation is 1. The van der Waals surface area contributed by atoms with E-state index in [1.54, 1.807) is 12.3 Å². The number of nitrogens with zero attached hydrogens (tertiary/aromatic N) is 4. The summed E-state index contributed by atoms with van der Waals surface area (Å²) in [6.45, 7) is 1.88. The van der Waals surface area contributed by atoms with Gasteiger partial charge >= 0.3 is 0 Å². The van der Waals surface area contributed by atoms with Crippen molar-refractivity contribution in [1.29, 1.82) is 0 Å². The van der Waals surface area contributed by atoms with Gasteiger partial charge in [0.2, 0.25) is 5.95 Å². The lowest BCUT2D eigenvalue weighted by atomic mass is 10.2. The van der Waals surface area contributed by atoms with Crippen molar-refractivity contribution in [3.63, 3.8) is 0 Å². The standard InChI is InChI=1S/C11H9ClN6S/c1-5-4-14-11(13)16-10(5)15-8-6(12)2-3-7-9(8)18-19-17-7/h2-4H,1H3,(H3,13,14,15,16). The summed E-state index contributed by atoms with van der Waals surface area (Å²) in [5, 5.41) is 3.70. The molecule has 0 radical (unpaired) electrons. The first-order valence-electron chi connectivity index (χ1n) is 5.42. The number of nitrogens with two attached hydrogens (primary N) is 1. The highest BCUT2D eigenvalue weighted by Crippen LogP contribution is 2.32. The largest absolute Gasteiger partial charge is 0.368 e. The Bertz CT molecular complexity index is 756. The van der Waals surface area contributed by atoms with Crippen LogP contribution in [-0.2, 0) is 0 Å². The fourth-order valence-corrected chi connectivity index (χ4v) is 2.39. The predicted octanol–water partition coefficient (Wildman–Crippen LogP) is 2.77. The third-order valence-corrected chi connectivity index (χ3v) is 3.47. The zero-order valence-electron chi connectivity index (χ0n) is 9.88. The molecule has 1 aromatic carbocycles. The topological polar surface area (TPSA) is 89.6 Å². The van der Waals surface area contributed by atoms with Gasteiger partial charge in [-0.05, 0) is 19.1 Å². The van der Waals surface area contributed by atoms with Gasteiger partial charge in [0.25, 0.3) is 0 Å². The number of anilines is 3. The lowest BCUT2D eigenvalue weighted by Gasteiger charge is -2.10. The maximum Gasteiger partial charge on any atom is 0.221 e. The van der Waals surface area contributed by atoms with E-state index < -0.39 is 0 Å². The molecule has 2 aromatic heterocycles. The normalized spacial score (nSPS) is 10.8. The van der Waals surface area contributed by atoms with Crippen LogP contribution in [0.1, 0.15) is 5.56 Å². The molecule has 0 fully saturated rings. The quantitative estimate of drug-likeness (QED) is 0.755. The number of hydrogen-bond donors (Lipinski definition) is 2. The maximum absolute atomic E-state index is 6.20. The number of rotatable bonds is 2. The van der Waals surface area contributed by atoms with Crippen LogP contribution in [0.25, 0.3) is 11.0 Å². The second-order valence-electron chi connectivity index (χ2n) is 3.94. The van der Waals surface area contributed by atoms with Crippen molar-refractivity contribution in [1.82, 2.24) is 18.7 Å². The molecule has 19 heavy (non-hydrogen) atoms. The molecular weight excluding hydrogens is 284 g/mol. The summed E-state index contributed by atoms with van der Waals surface area (Å²) in [4.78, 5) is 8.08. The number of benzene rings is 1. The highest BCUT2D eigenvalue weighted by Gasteiger charge is 2.12. The van der Waals surface area contributed by atoms with Crippen LogP contribution < -0.4 is 11.1 Å². The molecule has 0 aliphatic rings. The van der Waals surface area contributed by atoms with Crippen LogP contribution in [-0.4, -0.2) is 18.7 Å². The van der Waals surface area contributed by atoms with Gasteiger partial charge in [-0.3, -0.25) is 0 Å². The Hall–Kier alpha value is -1.99. The van der Waals surface area contributed by atoms with Crippen LogP contribution in [0.15, 0.2) is 18.3 Å². The van der Waals surface area contributed by atoms with Gasteiger partial charge < -0.3 is 11.1 Å². The Morgan fingerprint density at radius 1 is 1.32 bits per heavy atom. The van der Waals surface area contributed by atoms with Crippen LogP contribution in [0.4, 0.5) is 17.5 Å². The summed E-state index contributed by atoms with van der Waals surface area (Å²) in [5.74, 6) is 0.808. The minimum atomic E-state index is 0.202. The lowest BCUT2D eigenvalue weighted by Crippen LogP contribution is -2.02. The fraction of sp³-hybridized carbons (Fsp3) is 0.0909. The predicted molar refractivity (Wildman–Crippen MR) is 76.9 cm³/mol. The second kappa shape index (κ2) is 4.60. The first kappa shape index (κ1) is 12.1. The average molecular weight is 293 g/mol. The summed E-state index contributed by atoms with van der Waals surface area (Å²) >= 11 is 7.34. The van der Waals surface area contributed by atoms with E-state index in [1.165, 1.54) is 0 Å². The number of nitrogen functional groups attached to an aromatic ring is 1. The van der Waals surface area contributed by atoms with Gasteiger partial charge in [0.1, 0.15) is 16.9 Å². The molecule has 0 bridgehead atoms. The molecule has 0 aliphatic heterocycles. The molecule has 3 aromatic rings. The molecule has 0 aliphatic carbocycles. The number of halogens is 1. The maximum atomic E-state index is 6.20. The Labute approximate surface area is 118 Å². The Balaban J connectivity index is 2.12. The first-order chi connectivity index (χ1) is 9.15. The van der Waals surface area contributed by atoms with E-state index in [0.29, 0.717) is 22.0 Å². The van der Waals surface area contributed by atoms with Gasteiger partial charge in [-0.25, -0.2) is 4.98 Å². The van der Waals surface area contributed by atoms with E-state index in [4.69, 9.17) is 17.3 Å². The smallest absolute Gasteiger partial charge is 0.221 e. The zero-order valence-corrected chi connectivity index (χ0v) is 11.5. The summed E-state index contributed by atoms with van der Waals surface area (Å²) in [7, 11) is 0. The molecule has 0 unspecified atom stereocenters. The highest BCUT2D eigenvalue weighted by molar-refractivity contribution is 7.00. The Kier molecular flexibility index (Phi) is 2.92. The van der Waals surface area contributed by atoms with Crippen LogP contribution in [0.3, 0.4) is 0 Å². The Morgan fingerprint density at radius 3 is 3.00 bits per heavy atom. The molecule has 0 saturated carbocycles. The van der Waals surface area contributed by atoms with E-state index in [9.17, 15) is 0 Å². The zero-order chi connectivity index (χ0) is 13.4. The van der Waals surface area contributed by atoms with Crippen molar-refractivity contribution < 1.29 is 0 Å². The van der Waals surface area contributed by atoms with Crippen LogP contribution >= 0.6 is 23.3 Å². The molecule has 3 rings (SSSR count). The van der Waals surface area contributed by atoms with Crippen molar-refractivity contribution >= 4 is 51.8 Å². The monoisotopic (exact) mass is 292 g/mol. The third kappa shape index (κ3) is 2.18. The highest BCUT2D eigenvalue weighted by atomic mass is 35.5. The second-order valence-corrected chi connectivity index (χ2v) is 4.87. The summed E-state index contributed by atoms with van der Waals surface area (Å²) in [6, 6.07) is 3.60. The molecule has 0 saturated heterocycles. The minimum Gasteiger partial charge on any atom is -0.368 e. The van der Waals surface area contributed by atoms with Gasteiger partial charge in [0.15, 0.2) is 0 Å². The first-order valence-corrected chi connectivity index (χ1v) is 6.53. The molecule has 6 nitrogen and oxygen atoms in total. The fourth-order valence-electron chi connectivity index (χ4n) is 1.65. The average Bonchev–Trinajstić information content (AvgIpc) is 2.85. The summed E-state index contributed by atoms with van der Waals surface area (Å²) in [5.41, 5.74) is 8.64. The van der Waals surface area contributed by atoms with Gasteiger partial charge in [-0.15, -0.1) is 0 Å². The van der Waals surface area contributed by atoms with E-state index in [2.05, 4.69) is 24.0 Å². The van der Waals surface area contributed by atoms with E-state index >= 15 is 0 Å². The van der Waals surface area contributed by atoms with E-state index in [0.717, 1.165) is 22.8 Å². The van der Waals surface area contributed by atoms with Gasteiger partial charge in [-0.2, -0.15) is 13.7 Å². The lowest BCUT2D eigenvalue weighted by molar-refractivity contribution is 1.15. The summed E-state index contributed by atoms with van der Waals surface area (Å²) in [6.07, 6.45) is 1.65. The SMILES string of the molecule is Cc1cnc(N)nc1Nc1c(Cl)ccc2nsnc12. The molecule has 3 N–H and O–H groups in total. The molecule has 0 atom stereocenters. The number of aromatic nitrogens is 4. The van der Waals surface area contributed by atoms with Crippen molar-refractivity contribution in [2.24, 2.45) is 0 Å². The van der Waals surface area contributed by atoms with E-state index in [-0.39, 0.29) is 5.95 Å². The molecule has 0 amide bonds. The van der Waals surface area contributed by atoms with Gasteiger partial charge in [-0.1, -0.05) is 11.6 Å². The van der Waals surface area contributed by atoms with Crippen molar-refractivity contribution in [3.05, 3.63) is 28.9 Å². The van der Waals surface area contributed by atoms with Crippen molar-refractivity contribution in [3.8, 4) is 0 Å². The number of nitrogens with one attached hydrogen (secondary N) is 1. The third-order valence-electron chi connectivity index (χ3n) is 2.61. The molecule has 8 heteroatoms. The van der Waals surface area contributed by atoms with Crippen LogP contribution in [0.2, 0.25) is 5.02 Å². The molecular formula is C11H9ClN6S. The molecule has 96 valence electrons. The molecule has 2 heterocycles. The van der Waals surface area contributed by atoms with Crippen LogP contribution in [0, 0.1) is 6.92 Å². The number of hydrogen-bond acceptors (Lipinski definition) is 7.